The molecule has 28 heavy (non-hydrogen) atoms. The minimum Gasteiger partial charge on any atom is -0.484 e. The van der Waals surface area contributed by atoms with E-state index in [2.05, 4.69) is 5.32 Å². The maximum Gasteiger partial charge on any atom is 0.336 e. The Hall–Kier alpha value is -3.12. The molecule has 144 valence electrons. The van der Waals surface area contributed by atoms with Gasteiger partial charge in [0.25, 0.3) is 0 Å². The van der Waals surface area contributed by atoms with Crippen molar-refractivity contribution in [1.82, 2.24) is 0 Å². The minimum absolute atomic E-state index is 0.102. The molecule has 1 aromatic heterocycles. The molecule has 0 fully saturated rings. The highest BCUT2D eigenvalue weighted by atomic mass is 35.5. The lowest BCUT2D eigenvalue weighted by Crippen LogP contribution is -2.13. The van der Waals surface area contributed by atoms with Gasteiger partial charge >= 0.3 is 5.63 Å². The van der Waals surface area contributed by atoms with Crippen molar-refractivity contribution < 1.29 is 18.7 Å². The van der Waals surface area contributed by atoms with Gasteiger partial charge in [0.15, 0.2) is 12.4 Å². The number of ketones is 1. The van der Waals surface area contributed by atoms with Gasteiger partial charge in [-0.2, -0.15) is 0 Å². The van der Waals surface area contributed by atoms with Gasteiger partial charge in [-0.15, -0.1) is 0 Å². The van der Waals surface area contributed by atoms with E-state index in [1.807, 2.05) is 0 Å². The van der Waals surface area contributed by atoms with Crippen molar-refractivity contribution in [2.45, 2.75) is 20.3 Å². The van der Waals surface area contributed by atoms with Crippen LogP contribution < -0.4 is 15.7 Å². The lowest BCUT2D eigenvalue weighted by Gasteiger charge is -2.10. The van der Waals surface area contributed by atoms with Crippen LogP contribution in [0, 0.1) is 6.92 Å². The molecule has 1 N–H and O–H groups in total. The number of benzene rings is 2. The molecule has 0 aliphatic carbocycles. The number of carbonyl (C=O) groups excluding carboxylic acids is 2. The number of nitrogens with one attached hydrogen (secondary N) is 1. The Morgan fingerprint density at radius 2 is 1.86 bits per heavy atom. The first kappa shape index (κ1) is 19.6. The summed E-state index contributed by atoms with van der Waals surface area (Å²) in [7, 11) is 0. The normalized spacial score (nSPS) is 10.7. The summed E-state index contributed by atoms with van der Waals surface area (Å²) >= 11 is 6.23. The first-order chi connectivity index (χ1) is 13.4. The van der Waals surface area contributed by atoms with Crippen molar-refractivity contribution in [1.29, 1.82) is 0 Å². The monoisotopic (exact) mass is 399 g/mol. The highest BCUT2D eigenvalue weighted by Crippen LogP contribution is 2.31. The summed E-state index contributed by atoms with van der Waals surface area (Å²) in [6.45, 7) is 3.31. The molecule has 1 amide bonds. The van der Waals surface area contributed by atoms with Gasteiger partial charge in [-0.1, -0.05) is 18.5 Å². The SMILES string of the molecule is CCC(=O)Nc1ccc(C(=O)COc2cc3oc(=O)cc(C)c3cc2Cl)cc1. The summed E-state index contributed by atoms with van der Waals surface area (Å²) in [5.74, 6) is -0.103. The zero-order valence-corrected chi connectivity index (χ0v) is 16.1. The summed E-state index contributed by atoms with van der Waals surface area (Å²) < 4.78 is 10.7. The fraction of sp³-hybridized carbons (Fsp3) is 0.190. The number of halogens is 1. The summed E-state index contributed by atoms with van der Waals surface area (Å²) in [5, 5.41) is 3.73. The molecular formula is C21H18ClNO5. The molecule has 0 bridgehead atoms. The second-order valence-electron chi connectivity index (χ2n) is 6.22. The third kappa shape index (κ3) is 4.40. The highest BCUT2D eigenvalue weighted by Gasteiger charge is 2.12. The Morgan fingerprint density at radius 1 is 1.14 bits per heavy atom. The quantitative estimate of drug-likeness (QED) is 0.491. The number of Topliss-reactive ketones (excluding diaryl/α,β-unsaturated/α-hetero) is 1. The molecule has 0 radical (unpaired) electrons. The van der Waals surface area contributed by atoms with Crippen LogP contribution in [-0.4, -0.2) is 18.3 Å². The van der Waals surface area contributed by atoms with Crippen LogP contribution in [-0.2, 0) is 4.79 Å². The lowest BCUT2D eigenvalue weighted by molar-refractivity contribution is -0.115. The van der Waals surface area contributed by atoms with Gasteiger partial charge in [-0.3, -0.25) is 9.59 Å². The van der Waals surface area contributed by atoms with Crippen LogP contribution in [0.5, 0.6) is 5.75 Å². The van der Waals surface area contributed by atoms with Crippen molar-refractivity contribution in [2.75, 3.05) is 11.9 Å². The molecule has 0 saturated carbocycles. The second kappa shape index (κ2) is 8.27. The summed E-state index contributed by atoms with van der Waals surface area (Å²) in [4.78, 5) is 35.3. The average molecular weight is 400 g/mol. The molecule has 3 rings (SSSR count). The van der Waals surface area contributed by atoms with Crippen LogP contribution in [0.1, 0.15) is 29.3 Å². The van der Waals surface area contributed by atoms with E-state index >= 15 is 0 Å². The van der Waals surface area contributed by atoms with E-state index in [9.17, 15) is 14.4 Å². The molecule has 0 aliphatic rings. The number of anilines is 1. The van der Waals surface area contributed by atoms with Gasteiger partial charge in [-0.25, -0.2) is 4.79 Å². The molecule has 7 heteroatoms. The van der Waals surface area contributed by atoms with E-state index in [-0.39, 0.29) is 24.0 Å². The van der Waals surface area contributed by atoms with Crippen LogP contribution in [0.15, 0.2) is 51.7 Å². The molecule has 6 nitrogen and oxygen atoms in total. The Labute approximate surface area is 166 Å². The number of hydrogen-bond donors (Lipinski definition) is 1. The number of ether oxygens (including phenoxy) is 1. The number of aryl methyl sites for hydroxylation is 1. The molecule has 1 heterocycles. The first-order valence-corrected chi connectivity index (χ1v) is 9.05. The van der Waals surface area contributed by atoms with Gasteiger partial charge in [0.1, 0.15) is 11.3 Å². The maximum atomic E-state index is 12.4. The Bertz CT molecular complexity index is 1100. The van der Waals surface area contributed by atoms with Crippen molar-refractivity contribution in [3.8, 4) is 5.75 Å². The molecule has 0 aliphatic heterocycles. The fourth-order valence-electron chi connectivity index (χ4n) is 2.65. The fourth-order valence-corrected chi connectivity index (χ4v) is 2.86. The van der Waals surface area contributed by atoms with E-state index in [1.54, 1.807) is 44.2 Å². The van der Waals surface area contributed by atoms with Crippen molar-refractivity contribution in [3.05, 3.63) is 69.0 Å². The second-order valence-corrected chi connectivity index (χ2v) is 6.63. The Morgan fingerprint density at radius 3 is 2.54 bits per heavy atom. The average Bonchev–Trinajstić information content (AvgIpc) is 2.67. The van der Waals surface area contributed by atoms with Gasteiger partial charge in [-0.05, 0) is 42.8 Å². The molecular weight excluding hydrogens is 382 g/mol. The number of fused-ring (bicyclic) bond motifs is 1. The van der Waals surface area contributed by atoms with Gasteiger partial charge in [0.2, 0.25) is 5.91 Å². The minimum atomic E-state index is -0.468. The van der Waals surface area contributed by atoms with E-state index < -0.39 is 5.63 Å². The summed E-state index contributed by atoms with van der Waals surface area (Å²) in [6, 6.07) is 11.1. The molecule has 3 aromatic rings. The van der Waals surface area contributed by atoms with E-state index in [1.165, 1.54) is 12.1 Å². The van der Waals surface area contributed by atoms with Gasteiger partial charge < -0.3 is 14.5 Å². The van der Waals surface area contributed by atoms with E-state index in [4.69, 9.17) is 20.8 Å². The smallest absolute Gasteiger partial charge is 0.336 e. The van der Waals surface area contributed by atoms with Crippen molar-refractivity contribution >= 4 is 39.9 Å². The van der Waals surface area contributed by atoms with Crippen LogP contribution in [0.4, 0.5) is 5.69 Å². The van der Waals surface area contributed by atoms with E-state index in [0.29, 0.717) is 33.7 Å². The van der Waals surface area contributed by atoms with Crippen LogP contribution in [0.2, 0.25) is 5.02 Å². The Kier molecular flexibility index (Phi) is 5.80. The molecule has 0 unspecified atom stereocenters. The zero-order valence-electron chi connectivity index (χ0n) is 15.4. The van der Waals surface area contributed by atoms with Crippen LogP contribution in [0.25, 0.3) is 11.0 Å². The number of carbonyl (C=O) groups is 2. The van der Waals surface area contributed by atoms with Crippen LogP contribution >= 0.6 is 11.6 Å². The lowest BCUT2D eigenvalue weighted by atomic mass is 10.1. The maximum absolute atomic E-state index is 12.4. The standard InChI is InChI=1S/C21H18ClNO5/c1-3-20(25)23-14-6-4-13(5-7-14)17(24)11-27-19-10-18-15(9-16(19)22)12(2)8-21(26)28-18/h4-10H,3,11H2,1-2H3,(H,23,25). The predicted molar refractivity (Wildman–Crippen MR) is 107 cm³/mol. The highest BCUT2D eigenvalue weighted by molar-refractivity contribution is 6.32. The number of amides is 1. The van der Waals surface area contributed by atoms with Gasteiger partial charge in [0, 0.05) is 35.2 Å². The summed E-state index contributed by atoms with van der Waals surface area (Å²) in [5.41, 5.74) is 1.67. The number of rotatable bonds is 6. The number of hydrogen-bond acceptors (Lipinski definition) is 5. The van der Waals surface area contributed by atoms with Gasteiger partial charge in [0.05, 0.1) is 5.02 Å². The summed E-state index contributed by atoms with van der Waals surface area (Å²) in [6.07, 6.45) is 0.376. The molecule has 0 saturated heterocycles. The van der Waals surface area contributed by atoms with E-state index in [0.717, 1.165) is 5.56 Å². The van der Waals surface area contributed by atoms with Crippen molar-refractivity contribution in [3.63, 3.8) is 0 Å². The molecule has 0 atom stereocenters. The molecule has 0 spiro atoms. The zero-order chi connectivity index (χ0) is 20.3. The third-order valence-corrected chi connectivity index (χ3v) is 4.47. The third-order valence-electron chi connectivity index (χ3n) is 4.17. The van der Waals surface area contributed by atoms with Crippen molar-refractivity contribution in [2.24, 2.45) is 0 Å². The topological polar surface area (TPSA) is 85.6 Å². The van der Waals surface area contributed by atoms with Crippen LogP contribution in [0.3, 0.4) is 0 Å². The first-order valence-electron chi connectivity index (χ1n) is 8.67. The molecule has 2 aromatic carbocycles. The Balaban J connectivity index is 1.73. The predicted octanol–water partition coefficient (Wildman–Crippen LogP) is 4.37. The largest absolute Gasteiger partial charge is 0.484 e.